The summed E-state index contributed by atoms with van der Waals surface area (Å²) in [6, 6.07) is 16.3. The molecule has 2 aromatic carbocycles. The van der Waals surface area contributed by atoms with Gasteiger partial charge in [0.25, 0.3) is 5.91 Å². The van der Waals surface area contributed by atoms with Crippen LogP contribution >= 0.6 is 0 Å². The first-order chi connectivity index (χ1) is 12.2. The van der Waals surface area contributed by atoms with Crippen LogP contribution < -0.4 is 15.4 Å². The van der Waals surface area contributed by atoms with E-state index in [2.05, 4.69) is 15.6 Å². The van der Waals surface area contributed by atoms with Crippen LogP contribution in [-0.4, -0.2) is 18.0 Å². The molecule has 3 aromatic rings. The van der Waals surface area contributed by atoms with Gasteiger partial charge in [-0.05, 0) is 54.6 Å². The summed E-state index contributed by atoms with van der Waals surface area (Å²) in [6.07, 6.45) is 1.59. The van der Waals surface area contributed by atoms with E-state index in [0.29, 0.717) is 17.1 Å². The van der Waals surface area contributed by atoms with Gasteiger partial charge in [-0.3, -0.25) is 4.79 Å². The Labute approximate surface area is 144 Å². The van der Waals surface area contributed by atoms with E-state index in [1.165, 1.54) is 18.2 Å². The highest BCUT2D eigenvalue weighted by Gasteiger charge is 2.13. The van der Waals surface area contributed by atoms with Crippen molar-refractivity contribution < 1.29 is 13.9 Å². The Kier molecular flexibility index (Phi) is 4.89. The van der Waals surface area contributed by atoms with E-state index in [4.69, 9.17) is 4.74 Å². The number of amides is 1. The molecule has 5 nitrogen and oxygen atoms in total. The summed E-state index contributed by atoms with van der Waals surface area (Å²) in [4.78, 5) is 16.7. The van der Waals surface area contributed by atoms with Crippen LogP contribution in [0.25, 0.3) is 0 Å². The Balaban J connectivity index is 1.81. The first-order valence-corrected chi connectivity index (χ1v) is 7.59. The Bertz CT molecular complexity index is 882. The molecule has 25 heavy (non-hydrogen) atoms. The van der Waals surface area contributed by atoms with E-state index in [0.717, 1.165) is 11.4 Å². The first-order valence-electron chi connectivity index (χ1n) is 7.59. The van der Waals surface area contributed by atoms with Gasteiger partial charge in [0.2, 0.25) is 0 Å². The monoisotopic (exact) mass is 337 g/mol. The van der Waals surface area contributed by atoms with Crippen molar-refractivity contribution in [3.8, 4) is 5.75 Å². The minimum absolute atomic E-state index is 0.350. The molecular weight excluding hydrogens is 321 g/mol. The molecule has 0 aliphatic heterocycles. The number of rotatable bonds is 5. The number of pyridine rings is 1. The zero-order valence-electron chi connectivity index (χ0n) is 13.5. The first kappa shape index (κ1) is 16.4. The maximum Gasteiger partial charge on any atom is 0.259 e. The fraction of sp³-hybridized carbons (Fsp3) is 0.0526. The normalized spacial score (nSPS) is 10.2. The second-order valence-electron chi connectivity index (χ2n) is 5.22. The lowest BCUT2D eigenvalue weighted by atomic mass is 10.2. The van der Waals surface area contributed by atoms with Crippen LogP contribution in [0.5, 0.6) is 5.75 Å². The van der Waals surface area contributed by atoms with Crippen LogP contribution in [0.3, 0.4) is 0 Å². The molecule has 0 fully saturated rings. The molecule has 0 radical (unpaired) electrons. The molecule has 0 bridgehead atoms. The highest BCUT2D eigenvalue weighted by molar-refractivity contribution is 6.07. The molecule has 1 aromatic heterocycles. The number of hydrogen-bond acceptors (Lipinski definition) is 4. The van der Waals surface area contributed by atoms with Crippen molar-refractivity contribution in [1.82, 2.24) is 4.98 Å². The van der Waals surface area contributed by atoms with Gasteiger partial charge in [-0.25, -0.2) is 9.37 Å². The predicted molar refractivity (Wildman–Crippen MR) is 94.9 cm³/mol. The van der Waals surface area contributed by atoms with Crippen LogP contribution in [0.4, 0.5) is 21.6 Å². The summed E-state index contributed by atoms with van der Waals surface area (Å²) in [7, 11) is 1.59. The maximum atomic E-state index is 13.3. The third kappa shape index (κ3) is 4.11. The number of aromatic nitrogens is 1. The van der Waals surface area contributed by atoms with Gasteiger partial charge in [-0.2, -0.15) is 0 Å². The second kappa shape index (κ2) is 7.44. The van der Waals surface area contributed by atoms with E-state index in [9.17, 15) is 9.18 Å². The number of nitrogens with one attached hydrogen (secondary N) is 2. The molecule has 2 N–H and O–H groups in total. The average molecular weight is 337 g/mol. The van der Waals surface area contributed by atoms with Crippen LogP contribution in [0.2, 0.25) is 0 Å². The SMILES string of the molecule is COc1ccc(Nc2ncccc2C(=O)Nc2cccc(F)c2)cc1. The van der Waals surface area contributed by atoms with Crippen molar-refractivity contribution >= 4 is 23.1 Å². The zero-order valence-corrected chi connectivity index (χ0v) is 13.5. The Morgan fingerprint density at radius 2 is 1.84 bits per heavy atom. The molecule has 126 valence electrons. The molecule has 0 aliphatic rings. The fourth-order valence-corrected chi connectivity index (χ4v) is 2.26. The van der Waals surface area contributed by atoms with Gasteiger partial charge < -0.3 is 15.4 Å². The van der Waals surface area contributed by atoms with Crippen molar-refractivity contribution in [2.24, 2.45) is 0 Å². The number of hydrogen-bond donors (Lipinski definition) is 2. The minimum Gasteiger partial charge on any atom is -0.497 e. The lowest BCUT2D eigenvalue weighted by Gasteiger charge is -2.11. The molecule has 3 rings (SSSR count). The van der Waals surface area contributed by atoms with Crippen molar-refractivity contribution in [2.75, 3.05) is 17.7 Å². The molecule has 0 unspecified atom stereocenters. The average Bonchev–Trinajstić information content (AvgIpc) is 2.63. The summed E-state index contributed by atoms with van der Waals surface area (Å²) in [5.41, 5.74) is 1.49. The summed E-state index contributed by atoms with van der Waals surface area (Å²) >= 11 is 0. The van der Waals surface area contributed by atoms with Crippen LogP contribution in [0.1, 0.15) is 10.4 Å². The molecule has 0 aliphatic carbocycles. The van der Waals surface area contributed by atoms with E-state index < -0.39 is 5.82 Å². The van der Waals surface area contributed by atoms with Crippen molar-refractivity contribution in [3.05, 3.63) is 78.2 Å². The molecule has 6 heteroatoms. The van der Waals surface area contributed by atoms with Crippen LogP contribution in [0.15, 0.2) is 66.9 Å². The van der Waals surface area contributed by atoms with Gasteiger partial charge in [-0.15, -0.1) is 0 Å². The molecule has 0 atom stereocenters. The van der Waals surface area contributed by atoms with Gasteiger partial charge >= 0.3 is 0 Å². The summed E-state index contributed by atoms with van der Waals surface area (Å²) in [5.74, 6) is 0.340. The molecular formula is C19H16FN3O2. The van der Waals surface area contributed by atoms with Crippen molar-refractivity contribution in [3.63, 3.8) is 0 Å². The van der Waals surface area contributed by atoms with Crippen LogP contribution in [0, 0.1) is 5.82 Å². The third-order valence-corrected chi connectivity index (χ3v) is 3.49. The largest absolute Gasteiger partial charge is 0.497 e. The van der Waals surface area contributed by atoms with Gasteiger partial charge in [0.05, 0.1) is 12.7 Å². The van der Waals surface area contributed by atoms with E-state index in [1.54, 1.807) is 43.6 Å². The van der Waals surface area contributed by atoms with Crippen molar-refractivity contribution in [1.29, 1.82) is 0 Å². The summed E-state index contributed by atoms with van der Waals surface area (Å²) in [5, 5.41) is 5.76. The highest BCUT2D eigenvalue weighted by Crippen LogP contribution is 2.22. The third-order valence-electron chi connectivity index (χ3n) is 3.49. The number of ether oxygens (including phenoxy) is 1. The number of methoxy groups -OCH3 is 1. The van der Waals surface area contributed by atoms with Gasteiger partial charge in [0.15, 0.2) is 0 Å². The molecule has 1 amide bonds. The number of anilines is 3. The molecule has 1 heterocycles. The lowest BCUT2D eigenvalue weighted by molar-refractivity contribution is 0.102. The van der Waals surface area contributed by atoms with Crippen LogP contribution in [-0.2, 0) is 0 Å². The summed E-state index contributed by atoms with van der Waals surface area (Å²) in [6.45, 7) is 0. The van der Waals surface area contributed by atoms with Gasteiger partial charge in [0.1, 0.15) is 17.4 Å². The molecule has 0 saturated heterocycles. The Hall–Kier alpha value is -3.41. The van der Waals surface area contributed by atoms with Gasteiger partial charge in [-0.1, -0.05) is 6.07 Å². The number of carbonyl (C=O) groups is 1. The van der Waals surface area contributed by atoms with Crippen molar-refractivity contribution in [2.45, 2.75) is 0 Å². The smallest absolute Gasteiger partial charge is 0.259 e. The standard InChI is InChI=1S/C19H16FN3O2/c1-25-16-9-7-14(8-10-16)22-18-17(6-3-11-21-18)19(24)23-15-5-2-4-13(20)12-15/h2-12H,1H3,(H,21,22)(H,23,24). The summed E-state index contributed by atoms with van der Waals surface area (Å²) < 4.78 is 18.4. The lowest BCUT2D eigenvalue weighted by Crippen LogP contribution is -2.14. The predicted octanol–water partition coefficient (Wildman–Crippen LogP) is 4.23. The van der Waals surface area contributed by atoms with E-state index in [1.807, 2.05) is 12.1 Å². The molecule has 0 saturated carbocycles. The number of nitrogens with zero attached hydrogens (tertiary/aromatic N) is 1. The number of halogens is 1. The number of carbonyl (C=O) groups excluding carboxylic acids is 1. The minimum atomic E-state index is -0.416. The maximum absolute atomic E-state index is 13.3. The Morgan fingerprint density at radius 3 is 2.56 bits per heavy atom. The highest BCUT2D eigenvalue weighted by atomic mass is 19.1. The zero-order chi connectivity index (χ0) is 17.6. The number of benzene rings is 2. The van der Waals surface area contributed by atoms with E-state index in [-0.39, 0.29) is 5.91 Å². The molecule has 0 spiro atoms. The second-order valence-corrected chi connectivity index (χ2v) is 5.22. The Morgan fingerprint density at radius 1 is 1.04 bits per heavy atom. The van der Waals surface area contributed by atoms with E-state index >= 15 is 0 Å². The van der Waals surface area contributed by atoms with Gasteiger partial charge in [0, 0.05) is 17.6 Å². The fourth-order valence-electron chi connectivity index (χ4n) is 2.26. The topological polar surface area (TPSA) is 63.2 Å². The quantitative estimate of drug-likeness (QED) is 0.731.